The van der Waals surface area contributed by atoms with Crippen molar-refractivity contribution in [3.05, 3.63) is 0 Å². The van der Waals surface area contributed by atoms with Crippen molar-refractivity contribution in [2.45, 2.75) is 26.3 Å². The van der Waals surface area contributed by atoms with Crippen LogP contribution in [0.5, 0.6) is 0 Å². The van der Waals surface area contributed by atoms with Crippen LogP contribution in [0.4, 0.5) is 0 Å². The molecule has 0 saturated carbocycles. The van der Waals surface area contributed by atoms with Gasteiger partial charge >= 0.3 is 5.97 Å². The molecule has 0 rings (SSSR count). The van der Waals surface area contributed by atoms with E-state index in [9.17, 15) is 9.59 Å². The van der Waals surface area contributed by atoms with Crippen LogP contribution >= 0.6 is 0 Å². The van der Waals surface area contributed by atoms with E-state index in [4.69, 9.17) is 5.11 Å². The Labute approximate surface area is 90.5 Å². The third kappa shape index (κ3) is 6.90. The van der Waals surface area contributed by atoms with E-state index in [-0.39, 0.29) is 18.4 Å². The summed E-state index contributed by atoms with van der Waals surface area (Å²) in [5.41, 5.74) is 0. The highest BCUT2D eigenvalue weighted by Crippen LogP contribution is 2.04. The van der Waals surface area contributed by atoms with Crippen molar-refractivity contribution in [3.8, 4) is 0 Å². The van der Waals surface area contributed by atoms with E-state index in [1.807, 2.05) is 13.8 Å². The minimum absolute atomic E-state index is 0.210. The molecule has 0 aromatic heterocycles. The van der Waals surface area contributed by atoms with Gasteiger partial charge < -0.3 is 15.3 Å². The zero-order valence-electron chi connectivity index (χ0n) is 9.78. The van der Waals surface area contributed by atoms with Crippen molar-refractivity contribution in [1.82, 2.24) is 10.2 Å². The van der Waals surface area contributed by atoms with Crippen molar-refractivity contribution in [2.24, 2.45) is 5.92 Å². The molecular formula is C10H20N2O3. The number of aliphatic carboxylic acids is 1. The summed E-state index contributed by atoms with van der Waals surface area (Å²) >= 11 is 0. The van der Waals surface area contributed by atoms with Gasteiger partial charge in [0.15, 0.2) is 0 Å². The molecule has 0 fully saturated rings. The molecule has 0 radical (unpaired) electrons. The van der Waals surface area contributed by atoms with Crippen LogP contribution in [0.3, 0.4) is 0 Å². The molecule has 1 atom stereocenters. The van der Waals surface area contributed by atoms with Gasteiger partial charge in [0.1, 0.15) is 6.04 Å². The molecule has 0 heterocycles. The minimum Gasteiger partial charge on any atom is -0.480 e. The summed E-state index contributed by atoms with van der Waals surface area (Å²) in [5, 5.41) is 11.4. The fourth-order valence-corrected chi connectivity index (χ4v) is 1.22. The molecule has 2 N–H and O–H groups in total. The molecule has 5 heteroatoms. The largest absolute Gasteiger partial charge is 0.480 e. The number of rotatable bonds is 6. The molecule has 0 aromatic carbocycles. The van der Waals surface area contributed by atoms with E-state index in [1.54, 1.807) is 19.0 Å². The van der Waals surface area contributed by atoms with Crippen LogP contribution < -0.4 is 5.32 Å². The number of carboxylic acids is 1. The summed E-state index contributed by atoms with van der Waals surface area (Å²) in [6.07, 6.45) is 0.453. The second-order valence-electron chi connectivity index (χ2n) is 4.33. The Morgan fingerprint density at radius 3 is 2.20 bits per heavy atom. The lowest BCUT2D eigenvalue weighted by Gasteiger charge is -2.17. The number of hydrogen-bond donors (Lipinski definition) is 2. The van der Waals surface area contributed by atoms with Gasteiger partial charge in [-0.05, 0) is 26.4 Å². The molecule has 0 saturated heterocycles. The predicted molar refractivity (Wildman–Crippen MR) is 57.6 cm³/mol. The smallest absolute Gasteiger partial charge is 0.326 e. The Balaban J connectivity index is 4.16. The van der Waals surface area contributed by atoms with E-state index < -0.39 is 12.0 Å². The Morgan fingerprint density at radius 1 is 1.33 bits per heavy atom. The SMILES string of the molecule is CC(C)CC(NC(=O)CN(C)C)C(=O)O. The van der Waals surface area contributed by atoms with Gasteiger partial charge in [0.05, 0.1) is 6.54 Å². The topological polar surface area (TPSA) is 69.6 Å². The number of nitrogens with one attached hydrogen (secondary N) is 1. The first kappa shape index (κ1) is 13.9. The Bertz CT molecular complexity index is 227. The van der Waals surface area contributed by atoms with Gasteiger partial charge in [-0.1, -0.05) is 13.8 Å². The number of carboxylic acid groups (broad SMARTS) is 1. The molecule has 0 bridgehead atoms. The Morgan fingerprint density at radius 2 is 1.87 bits per heavy atom. The normalized spacial score (nSPS) is 12.9. The van der Waals surface area contributed by atoms with Crippen LogP contribution in [0.1, 0.15) is 20.3 Å². The van der Waals surface area contributed by atoms with E-state index in [2.05, 4.69) is 5.32 Å². The molecule has 15 heavy (non-hydrogen) atoms. The summed E-state index contributed by atoms with van der Waals surface area (Å²) in [6.45, 7) is 4.06. The van der Waals surface area contributed by atoms with Gasteiger partial charge in [0.2, 0.25) is 5.91 Å². The van der Waals surface area contributed by atoms with Crippen molar-refractivity contribution in [1.29, 1.82) is 0 Å². The van der Waals surface area contributed by atoms with Gasteiger partial charge in [0.25, 0.3) is 0 Å². The average molecular weight is 216 g/mol. The number of carbonyl (C=O) groups excluding carboxylic acids is 1. The first-order chi connectivity index (χ1) is 6.82. The molecule has 0 aliphatic heterocycles. The van der Waals surface area contributed by atoms with Crippen molar-refractivity contribution < 1.29 is 14.7 Å². The molecule has 0 aliphatic carbocycles. The van der Waals surface area contributed by atoms with Crippen molar-refractivity contribution in [2.75, 3.05) is 20.6 Å². The maximum Gasteiger partial charge on any atom is 0.326 e. The highest BCUT2D eigenvalue weighted by atomic mass is 16.4. The van der Waals surface area contributed by atoms with Crippen LogP contribution in [0, 0.1) is 5.92 Å². The van der Waals surface area contributed by atoms with Gasteiger partial charge in [-0.3, -0.25) is 4.79 Å². The number of hydrogen-bond acceptors (Lipinski definition) is 3. The monoisotopic (exact) mass is 216 g/mol. The zero-order valence-corrected chi connectivity index (χ0v) is 9.78. The third-order valence-electron chi connectivity index (χ3n) is 1.80. The standard InChI is InChI=1S/C10H20N2O3/c1-7(2)5-8(10(14)15)11-9(13)6-12(3)4/h7-8H,5-6H2,1-4H3,(H,11,13)(H,14,15). The number of amides is 1. The molecule has 88 valence electrons. The highest BCUT2D eigenvalue weighted by Gasteiger charge is 2.20. The number of carbonyl (C=O) groups is 2. The van der Waals surface area contributed by atoms with E-state index in [0.717, 1.165) is 0 Å². The lowest BCUT2D eigenvalue weighted by molar-refractivity contribution is -0.142. The maximum absolute atomic E-state index is 11.3. The lowest BCUT2D eigenvalue weighted by Crippen LogP contribution is -2.44. The van der Waals surface area contributed by atoms with Crippen molar-refractivity contribution >= 4 is 11.9 Å². The summed E-state index contributed by atoms with van der Waals surface area (Å²) in [7, 11) is 3.52. The molecule has 1 amide bonds. The van der Waals surface area contributed by atoms with Crippen LogP contribution in [-0.4, -0.2) is 48.6 Å². The second kappa shape index (κ2) is 6.40. The fourth-order valence-electron chi connectivity index (χ4n) is 1.22. The molecule has 0 aliphatic rings. The van der Waals surface area contributed by atoms with Crippen molar-refractivity contribution in [3.63, 3.8) is 0 Å². The molecule has 0 aromatic rings. The van der Waals surface area contributed by atoms with Gasteiger partial charge in [-0.15, -0.1) is 0 Å². The maximum atomic E-state index is 11.3. The summed E-state index contributed by atoms with van der Waals surface area (Å²) in [5.74, 6) is -0.991. The summed E-state index contributed by atoms with van der Waals surface area (Å²) < 4.78 is 0. The Kier molecular flexibility index (Phi) is 5.93. The molecule has 1 unspecified atom stereocenters. The van der Waals surface area contributed by atoms with E-state index in [0.29, 0.717) is 6.42 Å². The molecular weight excluding hydrogens is 196 g/mol. The van der Waals surface area contributed by atoms with E-state index >= 15 is 0 Å². The predicted octanol–water partition coefficient (Wildman–Crippen LogP) is 0.164. The average Bonchev–Trinajstić information content (AvgIpc) is 1.99. The van der Waals surface area contributed by atoms with Crippen LogP contribution in [-0.2, 0) is 9.59 Å². The zero-order chi connectivity index (χ0) is 12.0. The first-order valence-corrected chi connectivity index (χ1v) is 4.99. The fraction of sp³-hybridized carbons (Fsp3) is 0.800. The van der Waals surface area contributed by atoms with Gasteiger partial charge in [0, 0.05) is 0 Å². The summed E-state index contributed by atoms with van der Waals surface area (Å²) in [6, 6.07) is -0.780. The van der Waals surface area contributed by atoms with Crippen LogP contribution in [0.25, 0.3) is 0 Å². The van der Waals surface area contributed by atoms with Crippen LogP contribution in [0.2, 0.25) is 0 Å². The summed E-state index contributed by atoms with van der Waals surface area (Å²) in [4.78, 5) is 23.9. The Hall–Kier alpha value is -1.10. The number of nitrogens with zero attached hydrogens (tertiary/aromatic N) is 1. The number of likely N-dealkylation sites (N-methyl/N-ethyl adjacent to an activating group) is 1. The van der Waals surface area contributed by atoms with E-state index in [1.165, 1.54) is 0 Å². The minimum atomic E-state index is -0.976. The van der Waals surface area contributed by atoms with Gasteiger partial charge in [-0.25, -0.2) is 4.79 Å². The lowest BCUT2D eigenvalue weighted by atomic mass is 10.0. The highest BCUT2D eigenvalue weighted by molar-refractivity contribution is 5.84. The molecule has 0 spiro atoms. The second-order valence-corrected chi connectivity index (χ2v) is 4.33. The quantitative estimate of drug-likeness (QED) is 0.663. The van der Waals surface area contributed by atoms with Gasteiger partial charge in [-0.2, -0.15) is 0 Å². The van der Waals surface area contributed by atoms with Crippen LogP contribution in [0.15, 0.2) is 0 Å². The third-order valence-corrected chi connectivity index (χ3v) is 1.80. The molecule has 5 nitrogen and oxygen atoms in total. The first-order valence-electron chi connectivity index (χ1n) is 4.99.